The summed E-state index contributed by atoms with van der Waals surface area (Å²) in [5.74, 6) is -0.263. The number of benzene rings is 2. The molecule has 3 rings (SSSR count). The number of amides is 1. The van der Waals surface area contributed by atoms with Crippen LogP contribution in [-0.2, 0) is 4.79 Å². The molecule has 0 bridgehead atoms. The van der Waals surface area contributed by atoms with E-state index >= 15 is 0 Å². The number of para-hydroxylation sites is 1. The molecule has 0 saturated carbocycles. The second-order valence-electron chi connectivity index (χ2n) is 4.82. The SMILES string of the molecule is C=C(C(=O)Nc1cccc2cccnc12)c1ccc(Cl)cc1. The van der Waals surface area contributed by atoms with E-state index in [1.807, 2.05) is 30.3 Å². The average molecular weight is 309 g/mol. The van der Waals surface area contributed by atoms with Gasteiger partial charge < -0.3 is 5.32 Å². The summed E-state index contributed by atoms with van der Waals surface area (Å²) in [5, 5.41) is 4.45. The fraction of sp³-hybridized carbons (Fsp3) is 0. The summed E-state index contributed by atoms with van der Waals surface area (Å²) in [4.78, 5) is 16.7. The minimum absolute atomic E-state index is 0.263. The lowest BCUT2D eigenvalue weighted by atomic mass is 10.1. The smallest absolute Gasteiger partial charge is 0.255 e. The predicted molar refractivity (Wildman–Crippen MR) is 90.9 cm³/mol. The number of pyridine rings is 1. The molecule has 3 aromatic rings. The Labute approximate surface area is 133 Å². The van der Waals surface area contributed by atoms with Crippen LogP contribution in [0.15, 0.2) is 67.4 Å². The van der Waals surface area contributed by atoms with Crippen molar-refractivity contribution < 1.29 is 4.79 Å². The van der Waals surface area contributed by atoms with E-state index in [1.165, 1.54) is 0 Å². The van der Waals surface area contributed by atoms with Crippen LogP contribution in [0.5, 0.6) is 0 Å². The summed E-state index contributed by atoms with van der Waals surface area (Å²) >= 11 is 5.85. The van der Waals surface area contributed by atoms with Crippen LogP contribution in [0.4, 0.5) is 5.69 Å². The maximum atomic E-state index is 12.4. The van der Waals surface area contributed by atoms with Gasteiger partial charge in [-0.05, 0) is 29.8 Å². The minimum Gasteiger partial charge on any atom is -0.320 e. The number of hydrogen-bond donors (Lipinski definition) is 1. The van der Waals surface area contributed by atoms with Gasteiger partial charge in [0.25, 0.3) is 5.91 Å². The van der Waals surface area contributed by atoms with Crippen molar-refractivity contribution in [2.24, 2.45) is 0 Å². The first-order chi connectivity index (χ1) is 10.6. The molecule has 4 heteroatoms. The first-order valence-corrected chi connectivity index (χ1v) is 7.13. The summed E-state index contributed by atoms with van der Waals surface area (Å²) in [7, 11) is 0. The zero-order valence-electron chi connectivity index (χ0n) is 11.7. The molecule has 0 aliphatic heterocycles. The number of hydrogen-bond acceptors (Lipinski definition) is 2. The number of anilines is 1. The van der Waals surface area contributed by atoms with E-state index in [0.29, 0.717) is 16.3 Å². The molecule has 1 amide bonds. The molecule has 0 aliphatic carbocycles. The van der Waals surface area contributed by atoms with Crippen molar-refractivity contribution in [3.05, 3.63) is 78.0 Å². The number of fused-ring (bicyclic) bond motifs is 1. The largest absolute Gasteiger partial charge is 0.320 e. The highest BCUT2D eigenvalue weighted by Crippen LogP contribution is 2.23. The van der Waals surface area contributed by atoms with Gasteiger partial charge in [-0.1, -0.05) is 48.5 Å². The van der Waals surface area contributed by atoms with Gasteiger partial charge >= 0.3 is 0 Å². The highest BCUT2D eigenvalue weighted by atomic mass is 35.5. The van der Waals surface area contributed by atoms with Crippen molar-refractivity contribution in [2.45, 2.75) is 0 Å². The summed E-state index contributed by atoms with van der Waals surface area (Å²) in [6.45, 7) is 3.86. The third-order valence-corrected chi connectivity index (χ3v) is 3.60. The summed E-state index contributed by atoms with van der Waals surface area (Å²) in [6, 6.07) is 16.5. The van der Waals surface area contributed by atoms with Crippen molar-refractivity contribution in [2.75, 3.05) is 5.32 Å². The highest BCUT2D eigenvalue weighted by Gasteiger charge is 2.11. The first kappa shape index (κ1) is 14.3. The van der Waals surface area contributed by atoms with E-state index in [2.05, 4.69) is 16.9 Å². The Morgan fingerprint density at radius 2 is 1.77 bits per heavy atom. The molecular weight excluding hydrogens is 296 g/mol. The Kier molecular flexibility index (Phi) is 3.90. The van der Waals surface area contributed by atoms with Crippen LogP contribution < -0.4 is 5.32 Å². The van der Waals surface area contributed by atoms with Crippen LogP contribution in [0.25, 0.3) is 16.5 Å². The summed E-state index contributed by atoms with van der Waals surface area (Å²) < 4.78 is 0. The molecule has 0 radical (unpaired) electrons. The van der Waals surface area contributed by atoms with Crippen molar-refractivity contribution in [1.82, 2.24) is 4.98 Å². The number of halogens is 1. The van der Waals surface area contributed by atoms with Crippen LogP contribution in [-0.4, -0.2) is 10.9 Å². The maximum Gasteiger partial charge on any atom is 0.255 e. The van der Waals surface area contributed by atoms with Gasteiger partial charge in [-0.3, -0.25) is 9.78 Å². The normalized spacial score (nSPS) is 10.4. The highest BCUT2D eigenvalue weighted by molar-refractivity contribution is 6.31. The molecule has 108 valence electrons. The fourth-order valence-electron chi connectivity index (χ4n) is 2.19. The van der Waals surface area contributed by atoms with Crippen molar-refractivity contribution >= 4 is 39.7 Å². The third kappa shape index (κ3) is 2.85. The van der Waals surface area contributed by atoms with Gasteiger partial charge in [0.05, 0.1) is 11.2 Å². The number of aromatic nitrogens is 1. The zero-order chi connectivity index (χ0) is 15.5. The van der Waals surface area contributed by atoms with E-state index in [-0.39, 0.29) is 5.91 Å². The van der Waals surface area contributed by atoms with Gasteiger partial charge in [0.1, 0.15) is 0 Å². The number of rotatable bonds is 3. The maximum absolute atomic E-state index is 12.4. The lowest BCUT2D eigenvalue weighted by molar-refractivity contribution is -0.111. The number of nitrogens with zero attached hydrogens (tertiary/aromatic N) is 1. The monoisotopic (exact) mass is 308 g/mol. The van der Waals surface area contributed by atoms with Gasteiger partial charge in [0.15, 0.2) is 0 Å². The molecule has 0 atom stereocenters. The van der Waals surface area contributed by atoms with Crippen molar-refractivity contribution in [1.29, 1.82) is 0 Å². The Morgan fingerprint density at radius 1 is 1.05 bits per heavy atom. The quantitative estimate of drug-likeness (QED) is 0.722. The molecule has 1 heterocycles. The summed E-state index contributed by atoms with van der Waals surface area (Å²) in [5.41, 5.74) is 2.53. The molecule has 22 heavy (non-hydrogen) atoms. The van der Waals surface area contributed by atoms with E-state index < -0.39 is 0 Å². The van der Waals surface area contributed by atoms with Gasteiger partial charge in [-0.15, -0.1) is 0 Å². The van der Waals surface area contributed by atoms with Gasteiger partial charge in [-0.25, -0.2) is 0 Å². The van der Waals surface area contributed by atoms with Crippen LogP contribution in [0.3, 0.4) is 0 Å². The standard InChI is InChI=1S/C18H13ClN2O/c1-12(13-7-9-15(19)10-8-13)18(22)21-16-6-2-4-14-5-3-11-20-17(14)16/h2-11H,1H2,(H,21,22). The lowest BCUT2D eigenvalue weighted by Crippen LogP contribution is -2.13. The van der Waals surface area contributed by atoms with E-state index in [4.69, 9.17) is 11.6 Å². The molecular formula is C18H13ClN2O. The Morgan fingerprint density at radius 3 is 2.55 bits per heavy atom. The molecule has 2 aromatic carbocycles. The van der Waals surface area contributed by atoms with Gasteiger partial charge in [-0.2, -0.15) is 0 Å². The van der Waals surface area contributed by atoms with Gasteiger partial charge in [0.2, 0.25) is 0 Å². The molecule has 3 nitrogen and oxygen atoms in total. The second kappa shape index (κ2) is 6.00. The molecule has 0 fully saturated rings. The van der Waals surface area contributed by atoms with E-state index in [9.17, 15) is 4.79 Å². The minimum atomic E-state index is -0.263. The fourth-order valence-corrected chi connectivity index (χ4v) is 2.31. The van der Waals surface area contributed by atoms with Crippen LogP contribution >= 0.6 is 11.6 Å². The number of nitrogens with one attached hydrogen (secondary N) is 1. The number of carbonyl (C=O) groups excluding carboxylic acids is 1. The summed E-state index contributed by atoms with van der Waals surface area (Å²) in [6.07, 6.45) is 1.70. The predicted octanol–water partition coefficient (Wildman–Crippen LogP) is 4.54. The average Bonchev–Trinajstić information content (AvgIpc) is 2.55. The molecule has 1 N–H and O–H groups in total. The Hall–Kier alpha value is -2.65. The molecule has 1 aromatic heterocycles. The zero-order valence-corrected chi connectivity index (χ0v) is 12.5. The molecule has 0 aliphatic rings. The number of carbonyl (C=O) groups is 1. The van der Waals surface area contributed by atoms with Gasteiger partial charge in [0, 0.05) is 22.2 Å². The molecule has 0 unspecified atom stereocenters. The van der Waals surface area contributed by atoms with Crippen molar-refractivity contribution in [3.63, 3.8) is 0 Å². The van der Waals surface area contributed by atoms with E-state index in [0.717, 1.165) is 16.5 Å². The topological polar surface area (TPSA) is 42.0 Å². The Balaban J connectivity index is 1.87. The molecule has 0 spiro atoms. The van der Waals surface area contributed by atoms with Crippen LogP contribution in [0, 0.1) is 0 Å². The Bertz CT molecular complexity index is 851. The van der Waals surface area contributed by atoms with Crippen LogP contribution in [0.1, 0.15) is 5.56 Å². The van der Waals surface area contributed by atoms with Crippen molar-refractivity contribution in [3.8, 4) is 0 Å². The van der Waals surface area contributed by atoms with Crippen LogP contribution in [0.2, 0.25) is 5.02 Å². The van der Waals surface area contributed by atoms with E-state index in [1.54, 1.807) is 30.5 Å². The third-order valence-electron chi connectivity index (χ3n) is 3.35. The lowest BCUT2D eigenvalue weighted by Gasteiger charge is -2.10. The second-order valence-corrected chi connectivity index (χ2v) is 5.26. The molecule has 0 saturated heterocycles. The first-order valence-electron chi connectivity index (χ1n) is 6.75.